The summed E-state index contributed by atoms with van der Waals surface area (Å²) in [5.74, 6) is 1.53. The molecule has 2 aromatic carbocycles. The second-order valence-electron chi connectivity index (χ2n) is 5.99. The van der Waals surface area contributed by atoms with Crippen LogP contribution in [0.3, 0.4) is 0 Å². The number of hydrogen-bond acceptors (Lipinski definition) is 6. The van der Waals surface area contributed by atoms with Gasteiger partial charge in [-0.15, -0.1) is 0 Å². The third-order valence-corrected chi connectivity index (χ3v) is 4.62. The summed E-state index contributed by atoms with van der Waals surface area (Å²) in [4.78, 5) is 2.07. The highest BCUT2D eigenvalue weighted by Gasteiger charge is 2.11. The maximum atomic E-state index is 6.05. The van der Waals surface area contributed by atoms with Crippen molar-refractivity contribution in [2.45, 2.75) is 13.2 Å². The second kappa shape index (κ2) is 8.51. The Labute approximate surface area is 167 Å². The van der Waals surface area contributed by atoms with Crippen LogP contribution < -0.4 is 9.47 Å². The zero-order valence-corrected chi connectivity index (χ0v) is 16.9. The molecule has 3 rings (SSSR count). The van der Waals surface area contributed by atoms with Crippen molar-refractivity contribution in [2.24, 2.45) is 0 Å². The predicted molar refractivity (Wildman–Crippen MR) is 106 cm³/mol. The van der Waals surface area contributed by atoms with E-state index in [4.69, 9.17) is 33.3 Å². The van der Waals surface area contributed by atoms with Crippen LogP contribution in [0.1, 0.15) is 5.56 Å². The average Bonchev–Trinajstić information content (AvgIpc) is 3.02. The van der Waals surface area contributed by atoms with Gasteiger partial charge in [0.25, 0.3) is 0 Å². The monoisotopic (exact) mass is 405 g/mol. The molecular weight excluding hydrogens is 386 g/mol. The molecule has 0 atom stereocenters. The lowest BCUT2D eigenvalue weighted by Gasteiger charge is -2.18. The number of hydrogen-bond donors (Lipinski definition) is 0. The second-order valence-corrected chi connectivity index (χ2v) is 6.79. The van der Waals surface area contributed by atoms with Crippen LogP contribution in [-0.4, -0.2) is 46.0 Å². The van der Waals surface area contributed by atoms with Crippen molar-refractivity contribution in [3.63, 3.8) is 0 Å². The fourth-order valence-electron chi connectivity index (χ4n) is 2.68. The van der Waals surface area contributed by atoms with Crippen molar-refractivity contribution in [1.29, 1.82) is 0 Å². The summed E-state index contributed by atoms with van der Waals surface area (Å²) in [5.41, 5.74) is 1.81. The normalized spacial score (nSPS) is 11.0. The molecule has 0 unspecified atom stereocenters. The van der Waals surface area contributed by atoms with Gasteiger partial charge in [-0.2, -0.15) is 4.68 Å². The van der Waals surface area contributed by atoms with E-state index < -0.39 is 0 Å². The summed E-state index contributed by atoms with van der Waals surface area (Å²) in [6.45, 7) is 1.13. The molecule has 3 aromatic rings. The van der Waals surface area contributed by atoms with Gasteiger partial charge in [0.15, 0.2) is 0 Å². The lowest BCUT2D eigenvalue weighted by atomic mass is 10.2. The molecule has 0 spiro atoms. The highest BCUT2D eigenvalue weighted by Crippen LogP contribution is 2.25. The van der Waals surface area contributed by atoms with Crippen molar-refractivity contribution in [2.75, 3.05) is 21.3 Å². The van der Waals surface area contributed by atoms with Gasteiger partial charge in [-0.1, -0.05) is 23.7 Å². The highest BCUT2D eigenvalue weighted by atomic mass is 35.5. The number of halogens is 1. The highest BCUT2D eigenvalue weighted by molar-refractivity contribution is 7.71. The van der Waals surface area contributed by atoms with E-state index in [0.717, 1.165) is 22.7 Å². The van der Waals surface area contributed by atoms with E-state index >= 15 is 0 Å². The molecule has 142 valence electrons. The van der Waals surface area contributed by atoms with Gasteiger partial charge in [0.2, 0.25) is 4.77 Å². The zero-order chi connectivity index (χ0) is 19.4. The molecule has 27 heavy (non-hydrogen) atoms. The molecule has 0 radical (unpaired) electrons. The van der Waals surface area contributed by atoms with Crippen LogP contribution in [0.2, 0.25) is 5.02 Å². The maximum Gasteiger partial charge on any atom is 0.221 e. The Morgan fingerprint density at radius 3 is 2.63 bits per heavy atom. The van der Waals surface area contributed by atoms with Gasteiger partial charge in [-0.25, -0.2) is 4.68 Å². The first-order valence-corrected chi connectivity index (χ1v) is 8.98. The van der Waals surface area contributed by atoms with Gasteiger partial charge >= 0.3 is 0 Å². The van der Waals surface area contributed by atoms with E-state index in [1.807, 2.05) is 37.4 Å². The van der Waals surface area contributed by atoms with E-state index in [1.54, 1.807) is 35.7 Å². The van der Waals surface area contributed by atoms with Gasteiger partial charge in [-0.3, -0.25) is 4.90 Å². The molecule has 0 N–H and O–H groups in total. The number of benzene rings is 2. The number of aromatic nitrogens is 4. The summed E-state index contributed by atoms with van der Waals surface area (Å²) < 4.78 is 14.4. The molecule has 1 heterocycles. The lowest BCUT2D eigenvalue weighted by Crippen LogP contribution is -2.23. The van der Waals surface area contributed by atoms with Crippen molar-refractivity contribution in [1.82, 2.24) is 24.7 Å². The van der Waals surface area contributed by atoms with E-state index in [1.165, 1.54) is 0 Å². The molecule has 9 heteroatoms. The molecule has 0 aliphatic carbocycles. The lowest BCUT2D eigenvalue weighted by molar-refractivity contribution is 0.238. The first kappa shape index (κ1) is 19.3. The zero-order valence-electron chi connectivity index (χ0n) is 15.3. The third kappa shape index (κ3) is 4.47. The van der Waals surface area contributed by atoms with Crippen LogP contribution in [0.5, 0.6) is 11.5 Å². The van der Waals surface area contributed by atoms with E-state index in [2.05, 4.69) is 15.3 Å². The van der Waals surface area contributed by atoms with Crippen molar-refractivity contribution in [3.8, 4) is 17.2 Å². The smallest absolute Gasteiger partial charge is 0.221 e. The molecule has 0 aliphatic heterocycles. The number of tetrazole rings is 1. The minimum atomic E-state index is 0.481. The summed E-state index contributed by atoms with van der Waals surface area (Å²) in [6.07, 6.45) is 0. The summed E-state index contributed by atoms with van der Waals surface area (Å²) >= 11 is 11.6. The van der Waals surface area contributed by atoms with Gasteiger partial charge in [0.1, 0.15) is 11.5 Å². The molecule has 0 aliphatic rings. The molecule has 0 saturated carbocycles. The fourth-order valence-corrected chi connectivity index (χ4v) is 3.11. The van der Waals surface area contributed by atoms with Crippen molar-refractivity contribution < 1.29 is 9.47 Å². The Kier molecular flexibility index (Phi) is 6.10. The Hall–Kier alpha value is -2.42. The quantitative estimate of drug-likeness (QED) is 0.560. The molecule has 0 bridgehead atoms. The van der Waals surface area contributed by atoms with Gasteiger partial charge < -0.3 is 9.47 Å². The molecule has 7 nitrogen and oxygen atoms in total. The molecule has 0 fully saturated rings. The SMILES string of the molecule is COc1ccc(CN(C)Cn2nnn(-c3cccc(Cl)c3)c2=S)c(OC)c1. The van der Waals surface area contributed by atoms with E-state index in [-0.39, 0.29) is 0 Å². The minimum absolute atomic E-state index is 0.481. The van der Waals surface area contributed by atoms with Crippen LogP contribution in [-0.2, 0) is 13.2 Å². The fraction of sp³-hybridized carbons (Fsp3) is 0.278. The van der Waals surface area contributed by atoms with Crippen LogP contribution in [0, 0.1) is 4.77 Å². The first-order valence-electron chi connectivity index (χ1n) is 8.20. The Bertz CT molecular complexity index is 988. The average molecular weight is 406 g/mol. The molecular formula is C18H20ClN5O2S. The van der Waals surface area contributed by atoms with Crippen LogP contribution in [0.25, 0.3) is 5.69 Å². The van der Waals surface area contributed by atoms with E-state index in [9.17, 15) is 0 Å². The Morgan fingerprint density at radius 1 is 1.11 bits per heavy atom. The Balaban J connectivity index is 1.76. The number of rotatable bonds is 7. The maximum absolute atomic E-state index is 6.05. The molecule has 1 aromatic heterocycles. The van der Waals surface area contributed by atoms with Crippen LogP contribution in [0.15, 0.2) is 42.5 Å². The molecule has 0 amide bonds. The van der Waals surface area contributed by atoms with Crippen molar-refractivity contribution >= 4 is 23.8 Å². The van der Waals surface area contributed by atoms with Crippen LogP contribution >= 0.6 is 23.8 Å². The standard InChI is InChI=1S/C18H20ClN5O2S/c1-22(11-13-7-8-16(25-2)10-17(13)26-3)12-23-18(27)24(21-20-23)15-6-4-5-14(19)9-15/h4-10H,11-12H2,1-3H3. The topological polar surface area (TPSA) is 57.3 Å². The van der Waals surface area contributed by atoms with Crippen molar-refractivity contribution in [3.05, 3.63) is 57.8 Å². The van der Waals surface area contributed by atoms with Gasteiger partial charge in [0.05, 0.1) is 26.6 Å². The van der Waals surface area contributed by atoms with Gasteiger partial charge in [-0.05, 0) is 54.0 Å². The third-order valence-electron chi connectivity index (χ3n) is 4.00. The first-order chi connectivity index (χ1) is 13.0. The molecule has 0 saturated heterocycles. The predicted octanol–water partition coefficient (Wildman–Crippen LogP) is 3.56. The van der Waals surface area contributed by atoms with Gasteiger partial charge in [0, 0.05) is 23.2 Å². The van der Waals surface area contributed by atoms with E-state index in [0.29, 0.717) is 23.0 Å². The summed E-state index contributed by atoms with van der Waals surface area (Å²) in [7, 11) is 5.25. The summed E-state index contributed by atoms with van der Waals surface area (Å²) in [6, 6.07) is 13.1. The summed E-state index contributed by atoms with van der Waals surface area (Å²) in [5, 5.41) is 8.92. The van der Waals surface area contributed by atoms with Crippen LogP contribution in [0.4, 0.5) is 0 Å². The minimum Gasteiger partial charge on any atom is -0.497 e. The Morgan fingerprint density at radius 2 is 1.93 bits per heavy atom. The largest absolute Gasteiger partial charge is 0.497 e. The number of nitrogens with zero attached hydrogens (tertiary/aromatic N) is 5. The number of methoxy groups -OCH3 is 2. The number of ether oxygens (including phenoxy) is 2.